The first kappa shape index (κ1) is 13.6. The Labute approximate surface area is 120 Å². The molecule has 2 rings (SSSR count). The van der Waals surface area contributed by atoms with Crippen LogP contribution in [0.2, 0.25) is 0 Å². The molecule has 0 aliphatic carbocycles. The van der Waals surface area contributed by atoms with E-state index in [1.165, 1.54) is 0 Å². The minimum atomic E-state index is -0.0848. The molecular formula is C15H13BrO3. The molecule has 2 aromatic carbocycles. The lowest BCUT2D eigenvalue weighted by molar-refractivity contribution is 0.0918. The molecule has 0 unspecified atom stereocenters. The molecule has 0 bridgehead atoms. The van der Waals surface area contributed by atoms with Gasteiger partial charge in [0.05, 0.1) is 7.11 Å². The minimum Gasteiger partial charge on any atom is -0.493 e. The zero-order chi connectivity index (χ0) is 13.7. The second-order valence-electron chi connectivity index (χ2n) is 3.84. The van der Waals surface area contributed by atoms with E-state index in [1.807, 2.05) is 30.3 Å². The predicted octanol–water partition coefficient (Wildman–Crippen LogP) is 3.72. The molecule has 98 valence electrons. The van der Waals surface area contributed by atoms with Gasteiger partial charge in [-0.2, -0.15) is 0 Å². The Morgan fingerprint density at radius 2 is 1.68 bits per heavy atom. The topological polar surface area (TPSA) is 35.5 Å². The fourth-order valence-electron chi connectivity index (χ4n) is 1.65. The summed E-state index contributed by atoms with van der Waals surface area (Å²) in [6, 6.07) is 14.5. The van der Waals surface area contributed by atoms with Crippen molar-refractivity contribution in [2.75, 3.05) is 13.7 Å². The molecule has 0 heterocycles. The van der Waals surface area contributed by atoms with Crippen LogP contribution in [0.15, 0.2) is 53.0 Å². The average Bonchev–Trinajstić information content (AvgIpc) is 2.45. The molecule has 0 aliphatic heterocycles. The number of benzene rings is 2. The summed E-state index contributed by atoms with van der Waals surface area (Å²) in [7, 11) is 1.57. The average molecular weight is 321 g/mol. The highest BCUT2D eigenvalue weighted by atomic mass is 79.9. The lowest BCUT2D eigenvalue weighted by atomic mass is 10.1. The quantitative estimate of drug-likeness (QED) is 0.788. The fraction of sp³-hybridized carbons (Fsp3) is 0.133. The Hall–Kier alpha value is -1.81. The fourth-order valence-corrected chi connectivity index (χ4v) is 2.15. The van der Waals surface area contributed by atoms with Crippen LogP contribution in [0.25, 0.3) is 0 Å². The number of para-hydroxylation sites is 2. The molecule has 0 fully saturated rings. The van der Waals surface area contributed by atoms with Gasteiger partial charge in [0.25, 0.3) is 0 Å². The number of Topliss-reactive ketones (excluding diaryl/α,β-unsaturated/α-hetero) is 1. The molecule has 2 aromatic rings. The van der Waals surface area contributed by atoms with Gasteiger partial charge in [-0.1, -0.05) is 46.3 Å². The number of ether oxygens (including phenoxy) is 2. The maximum absolute atomic E-state index is 12.0. The van der Waals surface area contributed by atoms with Gasteiger partial charge in [0.2, 0.25) is 5.78 Å². The number of hydrogen-bond acceptors (Lipinski definition) is 3. The first-order valence-corrected chi connectivity index (χ1v) is 6.55. The van der Waals surface area contributed by atoms with Crippen LogP contribution in [-0.4, -0.2) is 19.5 Å². The summed E-state index contributed by atoms with van der Waals surface area (Å²) in [6.45, 7) is -0.0248. The van der Waals surface area contributed by atoms with Gasteiger partial charge in [0.15, 0.2) is 18.1 Å². The molecule has 0 spiro atoms. The van der Waals surface area contributed by atoms with E-state index in [2.05, 4.69) is 15.9 Å². The van der Waals surface area contributed by atoms with Gasteiger partial charge in [0.1, 0.15) is 0 Å². The molecule has 0 saturated heterocycles. The van der Waals surface area contributed by atoms with Crippen molar-refractivity contribution in [1.29, 1.82) is 0 Å². The van der Waals surface area contributed by atoms with Gasteiger partial charge in [-0.3, -0.25) is 4.79 Å². The van der Waals surface area contributed by atoms with Crippen LogP contribution in [-0.2, 0) is 0 Å². The van der Waals surface area contributed by atoms with E-state index in [4.69, 9.17) is 9.47 Å². The van der Waals surface area contributed by atoms with Crippen LogP contribution in [0.5, 0.6) is 11.5 Å². The van der Waals surface area contributed by atoms with Crippen molar-refractivity contribution in [2.45, 2.75) is 0 Å². The van der Waals surface area contributed by atoms with E-state index in [0.717, 1.165) is 4.47 Å². The van der Waals surface area contributed by atoms with E-state index >= 15 is 0 Å². The zero-order valence-electron chi connectivity index (χ0n) is 10.4. The van der Waals surface area contributed by atoms with Crippen LogP contribution in [0, 0.1) is 0 Å². The summed E-state index contributed by atoms with van der Waals surface area (Å²) in [5.41, 5.74) is 0.609. The smallest absolute Gasteiger partial charge is 0.201 e. The largest absolute Gasteiger partial charge is 0.493 e. The molecule has 4 heteroatoms. The molecule has 0 saturated carbocycles. The molecular weight excluding hydrogens is 308 g/mol. The van der Waals surface area contributed by atoms with Gasteiger partial charge in [0, 0.05) is 10.0 Å². The van der Waals surface area contributed by atoms with E-state index in [9.17, 15) is 4.79 Å². The maximum Gasteiger partial charge on any atom is 0.201 e. The second kappa shape index (κ2) is 6.38. The van der Waals surface area contributed by atoms with Gasteiger partial charge < -0.3 is 9.47 Å². The number of carbonyl (C=O) groups excluding carboxylic acids is 1. The van der Waals surface area contributed by atoms with Crippen LogP contribution in [0.1, 0.15) is 10.4 Å². The van der Waals surface area contributed by atoms with E-state index in [1.54, 1.807) is 25.3 Å². The van der Waals surface area contributed by atoms with Crippen molar-refractivity contribution in [1.82, 2.24) is 0 Å². The highest BCUT2D eigenvalue weighted by Gasteiger charge is 2.11. The Bertz CT molecular complexity index is 581. The Kier molecular flexibility index (Phi) is 4.58. The summed E-state index contributed by atoms with van der Waals surface area (Å²) in [4.78, 5) is 12.0. The molecule has 0 amide bonds. The predicted molar refractivity (Wildman–Crippen MR) is 77.0 cm³/mol. The molecule has 0 aliphatic rings. The van der Waals surface area contributed by atoms with Crippen LogP contribution < -0.4 is 9.47 Å². The number of rotatable bonds is 5. The summed E-state index contributed by atoms with van der Waals surface area (Å²) < 4.78 is 11.4. The molecule has 0 aromatic heterocycles. The number of carbonyl (C=O) groups is 1. The van der Waals surface area contributed by atoms with Crippen molar-refractivity contribution in [3.8, 4) is 11.5 Å². The standard InChI is InChI=1S/C15H13BrO3/c1-18-14-8-4-5-9-15(14)19-10-13(17)11-6-2-3-7-12(11)16/h2-9H,10H2,1H3. The molecule has 0 radical (unpaired) electrons. The Balaban J connectivity index is 2.07. The molecule has 3 nitrogen and oxygen atoms in total. The Morgan fingerprint density at radius 3 is 2.37 bits per heavy atom. The number of halogens is 1. The monoisotopic (exact) mass is 320 g/mol. The normalized spacial score (nSPS) is 10.0. The van der Waals surface area contributed by atoms with Crippen molar-refractivity contribution in [3.63, 3.8) is 0 Å². The number of ketones is 1. The van der Waals surface area contributed by atoms with Gasteiger partial charge in [-0.05, 0) is 18.2 Å². The summed E-state index contributed by atoms with van der Waals surface area (Å²) in [6.07, 6.45) is 0. The van der Waals surface area contributed by atoms with Crippen molar-refractivity contribution >= 4 is 21.7 Å². The van der Waals surface area contributed by atoms with Gasteiger partial charge >= 0.3 is 0 Å². The zero-order valence-corrected chi connectivity index (χ0v) is 12.0. The third kappa shape index (κ3) is 3.35. The second-order valence-corrected chi connectivity index (χ2v) is 4.70. The number of hydrogen-bond donors (Lipinski definition) is 0. The summed E-state index contributed by atoms with van der Waals surface area (Å²) in [5.74, 6) is 1.09. The van der Waals surface area contributed by atoms with Crippen LogP contribution in [0.4, 0.5) is 0 Å². The first-order valence-electron chi connectivity index (χ1n) is 5.76. The molecule has 0 N–H and O–H groups in total. The van der Waals surface area contributed by atoms with E-state index < -0.39 is 0 Å². The summed E-state index contributed by atoms with van der Waals surface area (Å²) in [5, 5.41) is 0. The molecule has 19 heavy (non-hydrogen) atoms. The SMILES string of the molecule is COc1ccccc1OCC(=O)c1ccccc1Br. The number of methoxy groups -OCH3 is 1. The van der Waals surface area contributed by atoms with Gasteiger partial charge in [-0.25, -0.2) is 0 Å². The third-order valence-corrected chi connectivity index (χ3v) is 3.29. The Morgan fingerprint density at radius 1 is 1.05 bits per heavy atom. The lowest BCUT2D eigenvalue weighted by Gasteiger charge is -2.10. The van der Waals surface area contributed by atoms with E-state index in [0.29, 0.717) is 17.1 Å². The maximum atomic E-state index is 12.0. The van der Waals surface area contributed by atoms with E-state index in [-0.39, 0.29) is 12.4 Å². The van der Waals surface area contributed by atoms with Crippen molar-refractivity contribution < 1.29 is 14.3 Å². The first-order chi connectivity index (χ1) is 9.22. The third-order valence-electron chi connectivity index (χ3n) is 2.60. The van der Waals surface area contributed by atoms with Crippen LogP contribution >= 0.6 is 15.9 Å². The van der Waals surface area contributed by atoms with Crippen molar-refractivity contribution in [3.05, 3.63) is 58.6 Å². The van der Waals surface area contributed by atoms with Crippen molar-refractivity contribution in [2.24, 2.45) is 0 Å². The molecule has 0 atom stereocenters. The highest BCUT2D eigenvalue weighted by molar-refractivity contribution is 9.10. The summed E-state index contributed by atoms with van der Waals surface area (Å²) >= 11 is 3.35. The van der Waals surface area contributed by atoms with Crippen LogP contribution in [0.3, 0.4) is 0 Å². The lowest BCUT2D eigenvalue weighted by Crippen LogP contribution is -2.12. The van der Waals surface area contributed by atoms with Gasteiger partial charge in [-0.15, -0.1) is 0 Å². The highest BCUT2D eigenvalue weighted by Crippen LogP contribution is 2.26. The minimum absolute atomic E-state index is 0.0248.